The predicted molar refractivity (Wildman–Crippen MR) is 123 cm³/mol. The third kappa shape index (κ3) is 4.76. The van der Waals surface area contributed by atoms with Crippen LogP contribution >= 0.6 is 11.6 Å². The molecule has 0 fully saturated rings. The molecule has 4 aromatic rings. The number of benzene rings is 2. The summed E-state index contributed by atoms with van der Waals surface area (Å²) in [6, 6.07) is 11.1. The Morgan fingerprint density at radius 2 is 1.94 bits per heavy atom. The number of aromatic nitrogens is 4. The Labute approximate surface area is 189 Å². The van der Waals surface area contributed by atoms with E-state index in [2.05, 4.69) is 25.7 Å². The second-order valence-electron chi connectivity index (χ2n) is 7.23. The highest BCUT2D eigenvalue weighted by Crippen LogP contribution is 2.23. The third-order valence-electron chi connectivity index (χ3n) is 4.79. The quantitative estimate of drug-likeness (QED) is 0.401. The fourth-order valence-electron chi connectivity index (χ4n) is 3.12. The van der Waals surface area contributed by atoms with Gasteiger partial charge in [-0.3, -0.25) is 9.48 Å². The van der Waals surface area contributed by atoms with Crippen molar-refractivity contribution >= 4 is 34.8 Å². The molecule has 0 bridgehead atoms. The second kappa shape index (κ2) is 9.15. The van der Waals surface area contributed by atoms with E-state index >= 15 is 0 Å². The molecule has 0 saturated carbocycles. The molecular formula is C23H20ClFN6O. The highest BCUT2D eigenvalue weighted by Gasteiger charge is 2.12. The number of halogens is 2. The van der Waals surface area contributed by atoms with E-state index in [1.54, 1.807) is 47.4 Å². The number of hydrogen-bond acceptors (Lipinski definition) is 5. The average Bonchev–Trinajstić information content (AvgIpc) is 3.23. The summed E-state index contributed by atoms with van der Waals surface area (Å²) < 4.78 is 15.7. The standard InChI is InChI=1S/C23H20ClFN6O/c1-14-11-26-23(30-21(14)17-12-27-31(2)13-17)28-18-6-4-16(5-7-18)22(32)29-20-9-15(10-24)3-8-19(20)25/h3-9,11-13H,10H2,1-2H3,(H,29,32)(H,26,28,30). The Morgan fingerprint density at radius 3 is 2.62 bits per heavy atom. The number of amides is 1. The van der Waals surface area contributed by atoms with Crippen molar-refractivity contribution in [1.82, 2.24) is 19.7 Å². The summed E-state index contributed by atoms with van der Waals surface area (Å²) in [7, 11) is 1.85. The molecule has 0 aliphatic carbocycles. The van der Waals surface area contributed by atoms with Crippen molar-refractivity contribution in [2.75, 3.05) is 10.6 Å². The van der Waals surface area contributed by atoms with Crippen LogP contribution in [0.5, 0.6) is 0 Å². The fraction of sp³-hybridized carbons (Fsp3) is 0.130. The molecule has 9 heteroatoms. The normalized spacial score (nSPS) is 10.8. The molecule has 162 valence electrons. The summed E-state index contributed by atoms with van der Waals surface area (Å²) in [6.07, 6.45) is 5.37. The third-order valence-corrected chi connectivity index (χ3v) is 5.10. The van der Waals surface area contributed by atoms with Crippen LogP contribution in [0.15, 0.2) is 61.1 Å². The minimum atomic E-state index is -0.522. The lowest BCUT2D eigenvalue weighted by atomic mass is 10.1. The van der Waals surface area contributed by atoms with Gasteiger partial charge in [-0.15, -0.1) is 11.6 Å². The molecule has 2 aromatic carbocycles. The van der Waals surface area contributed by atoms with Gasteiger partial charge in [0.2, 0.25) is 5.95 Å². The zero-order valence-corrected chi connectivity index (χ0v) is 18.2. The highest BCUT2D eigenvalue weighted by molar-refractivity contribution is 6.17. The van der Waals surface area contributed by atoms with Gasteiger partial charge in [-0.2, -0.15) is 5.10 Å². The van der Waals surface area contributed by atoms with Gasteiger partial charge in [0.1, 0.15) is 5.82 Å². The lowest BCUT2D eigenvalue weighted by Gasteiger charge is -2.10. The number of aryl methyl sites for hydroxylation is 2. The Morgan fingerprint density at radius 1 is 1.16 bits per heavy atom. The molecule has 2 aromatic heterocycles. The molecule has 0 aliphatic heterocycles. The van der Waals surface area contributed by atoms with Gasteiger partial charge in [0, 0.05) is 42.1 Å². The van der Waals surface area contributed by atoms with Gasteiger partial charge in [0.15, 0.2) is 0 Å². The molecule has 2 N–H and O–H groups in total. The van der Waals surface area contributed by atoms with E-state index in [0.717, 1.165) is 16.8 Å². The van der Waals surface area contributed by atoms with E-state index in [4.69, 9.17) is 11.6 Å². The molecule has 0 atom stereocenters. The number of carbonyl (C=O) groups excluding carboxylic acids is 1. The monoisotopic (exact) mass is 450 g/mol. The van der Waals surface area contributed by atoms with Gasteiger partial charge in [-0.1, -0.05) is 6.07 Å². The zero-order valence-electron chi connectivity index (χ0n) is 17.4. The second-order valence-corrected chi connectivity index (χ2v) is 7.50. The van der Waals surface area contributed by atoms with Crippen LogP contribution in [0.2, 0.25) is 0 Å². The number of alkyl halides is 1. The van der Waals surface area contributed by atoms with Gasteiger partial charge in [-0.25, -0.2) is 14.4 Å². The van der Waals surface area contributed by atoms with Crippen molar-refractivity contribution in [3.05, 3.63) is 83.6 Å². The largest absolute Gasteiger partial charge is 0.324 e. The Bertz CT molecular complexity index is 1270. The first-order valence-corrected chi connectivity index (χ1v) is 10.3. The average molecular weight is 451 g/mol. The van der Waals surface area contributed by atoms with Crippen LogP contribution in [-0.4, -0.2) is 25.7 Å². The van der Waals surface area contributed by atoms with E-state index in [0.29, 0.717) is 22.8 Å². The van der Waals surface area contributed by atoms with Gasteiger partial charge in [0.05, 0.1) is 17.6 Å². The number of nitrogens with one attached hydrogen (secondary N) is 2. The van der Waals surface area contributed by atoms with Gasteiger partial charge < -0.3 is 10.6 Å². The molecule has 32 heavy (non-hydrogen) atoms. The minimum Gasteiger partial charge on any atom is -0.324 e. The highest BCUT2D eigenvalue weighted by atomic mass is 35.5. The fourth-order valence-corrected chi connectivity index (χ4v) is 3.28. The van der Waals surface area contributed by atoms with Crippen molar-refractivity contribution in [3.63, 3.8) is 0 Å². The maximum absolute atomic E-state index is 14.0. The predicted octanol–water partition coefficient (Wildman–Crippen LogP) is 5.06. The van der Waals surface area contributed by atoms with E-state index in [1.807, 2.05) is 20.2 Å². The Hall–Kier alpha value is -3.78. The summed E-state index contributed by atoms with van der Waals surface area (Å²) in [6.45, 7) is 1.94. The molecular weight excluding hydrogens is 431 g/mol. The van der Waals surface area contributed by atoms with Gasteiger partial charge >= 0.3 is 0 Å². The van der Waals surface area contributed by atoms with Crippen LogP contribution in [0.1, 0.15) is 21.5 Å². The van der Waals surface area contributed by atoms with E-state index in [-0.39, 0.29) is 11.6 Å². The van der Waals surface area contributed by atoms with E-state index in [1.165, 1.54) is 12.1 Å². The first-order chi connectivity index (χ1) is 15.4. The lowest BCUT2D eigenvalue weighted by molar-refractivity contribution is 0.102. The van der Waals surface area contributed by atoms with Crippen molar-refractivity contribution in [2.45, 2.75) is 12.8 Å². The molecule has 1 amide bonds. The summed E-state index contributed by atoms with van der Waals surface area (Å²) >= 11 is 5.79. The topological polar surface area (TPSA) is 84.7 Å². The number of carbonyl (C=O) groups is 1. The Kier molecular flexibility index (Phi) is 6.13. The smallest absolute Gasteiger partial charge is 0.255 e. The van der Waals surface area contributed by atoms with Gasteiger partial charge in [-0.05, 0) is 54.4 Å². The summed E-state index contributed by atoms with van der Waals surface area (Å²) in [5.74, 6) is -0.293. The van der Waals surface area contributed by atoms with E-state index < -0.39 is 11.7 Å². The van der Waals surface area contributed by atoms with Crippen molar-refractivity contribution < 1.29 is 9.18 Å². The molecule has 0 unspecified atom stereocenters. The summed E-state index contributed by atoms with van der Waals surface area (Å²) in [5, 5.41) is 9.90. The van der Waals surface area contributed by atoms with Crippen LogP contribution in [0.3, 0.4) is 0 Å². The SMILES string of the molecule is Cc1cnc(Nc2ccc(C(=O)Nc3cc(CCl)ccc3F)cc2)nc1-c1cnn(C)c1. The number of nitrogens with zero attached hydrogens (tertiary/aromatic N) is 4. The van der Waals surface area contributed by atoms with Gasteiger partial charge in [0.25, 0.3) is 5.91 Å². The van der Waals surface area contributed by atoms with E-state index in [9.17, 15) is 9.18 Å². The van der Waals surface area contributed by atoms with Crippen LogP contribution < -0.4 is 10.6 Å². The van der Waals surface area contributed by atoms with Crippen molar-refractivity contribution in [3.8, 4) is 11.3 Å². The molecule has 2 heterocycles. The van der Waals surface area contributed by atoms with Crippen molar-refractivity contribution in [2.24, 2.45) is 7.05 Å². The molecule has 7 nitrogen and oxygen atoms in total. The number of rotatable bonds is 6. The van der Waals surface area contributed by atoms with Crippen LogP contribution in [0, 0.1) is 12.7 Å². The maximum Gasteiger partial charge on any atom is 0.255 e. The first-order valence-electron chi connectivity index (χ1n) is 9.78. The van der Waals surface area contributed by atoms with Crippen LogP contribution in [0.25, 0.3) is 11.3 Å². The zero-order chi connectivity index (χ0) is 22.7. The molecule has 0 spiro atoms. The molecule has 4 rings (SSSR count). The maximum atomic E-state index is 14.0. The number of anilines is 3. The van der Waals surface area contributed by atoms with Crippen molar-refractivity contribution in [1.29, 1.82) is 0 Å². The summed E-state index contributed by atoms with van der Waals surface area (Å²) in [5.41, 5.74) is 4.50. The molecule has 0 saturated heterocycles. The molecule has 0 radical (unpaired) electrons. The van der Waals surface area contributed by atoms with Crippen LogP contribution in [-0.2, 0) is 12.9 Å². The number of hydrogen-bond donors (Lipinski definition) is 2. The summed E-state index contributed by atoms with van der Waals surface area (Å²) in [4.78, 5) is 21.4. The molecule has 0 aliphatic rings. The first kappa shape index (κ1) is 21.5. The van der Waals surface area contributed by atoms with Crippen LogP contribution in [0.4, 0.5) is 21.7 Å². The Balaban J connectivity index is 1.48. The minimum absolute atomic E-state index is 0.0892. The lowest BCUT2D eigenvalue weighted by Crippen LogP contribution is -2.13.